The minimum absolute atomic E-state index is 0.113. The molecule has 0 bridgehead atoms. The van der Waals surface area contributed by atoms with Crippen molar-refractivity contribution in [3.8, 4) is 11.5 Å². The van der Waals surface area contributed by atoms with Gasteiger partial charge in [0.1, 0.15) is 0 Å². The van der Waals surface area contributed by atoms with E-state index in [1.165, 1.54) is 0 Å². The van der Waals surface area contributed by atoms with Gasteiger partial charge in [0.25, 0.3) is 0 Å². The van der Waals surface area contributed by atoms with Crippen molar-refractivity contribution < 1.29 is 9.47 Å². The molecule has 2 N–H and O–H groups in total. The standard InChI is InChI=1S/C15H23NO2S/c1-4-17-12-8-5-6-9-13(12)18-11-7-10-15(2,3)14(16)19/h5-6,8-9H,4,7,10-11H2,1-3H3,(H2,16,19). The van der Waals surface area contributed by atoms with Crippen LogP contribution in [0.5, 0.6) is 11.5 Å². The van der Waals surface area contributed by atoms with Crippen LogP contribution in [0.15, 0.2) is 24.3 Å². The van der Waals surface area contributed by atoms with Gasteiger partial charge in [-0.25, -0.2) is 0 Å². The van der Waals surface area contributed by atoms with E-state index in [1.54, 1.807) is 0 Å². The summed E-state index contributed by atoms with van der Waals surface area (Å²) in [7, 11) is 0. The second-order valence-corrected chi connectivity index (χ2v) is 5.52. The molecule has 0 atom stereocenters. The predicted octanol–water partition coefficient (Wildman–Crippen LogP) is 3.56. The third kappa shape index (κ3) is 5.07. The fourth-order valence-corrected chi connectivity index (χ4v) is 1.77. The third-order valence-corrected chi connectivity index (χ3v) is 3.57. The van der Waals surface area contributed by atoms with E-state index >= 15 is 0 Å². The van der Waals surface area contributed by atoms with Crippen LogP contribution in [-0.4, -0.2) is 18.2 Å². The first-order chi connectivity index (χ1) is 8.97. The maximum atomic E-state index is 5.76. The summed E-state index contributed by atoms with van der Waals surface area (Å²) in [6.07, 6.45) is 1.82. The highest BCUT2D eigenvalue weighted by molar-refractivity contribution is 7.80. The summed E-state index contributed by atoms with van der Waals surface area (Å²) in [6, 6.07) is 7.71. The Kier molecular flexibility index (Phi) is 6.09. The second-order valence-electron chi connectivity index (χ2n) is 5.08. The van der Waals surface area contributed by atoms with Crippen LogP contribution >= 0.6 is 12.2 Å². The summed E-state index contributed by atoms with van der Waals surface area (Å²) < 4.78 is 11.3. The minimum Gasteiger partial charge on any atom is -0.490 e. The van der Waals surface area contributed by atoms with Crippen LogP contribution in [0, 0.1) is 5.41 Å². The van der Waals surface area contributed by atoms with Gasteiger partial charge in [0.2, 0.25) is 0 Å². The number of thiocarbonyl (C=S) groups is 1. The lowest BCUT2D eigenvalue weighted by molar-refractivity contribution is 0.261. The zero-order chi connectivity index (χ0) is 14.3. The van der Waals surface area contributed by atoms with E-state index in [-0.39, 0.29) is 5.41 Å². The quantitative estimate of drug-likeness (QED) is 0.584. The summed E-state index contributed by atoms with van der Waals surface area (Å²) in [5.74, 6) is 1.58. The monoisotopic (exact) mass is 281 g/mol. The molecule has 0 heterocycles. The molecule has 0 saturated carbocycles. The minimum atomic E-state index is -0.113. The van der Waals surface area contributed by atoms with Crippen LogP contribution in [0.2, 0.25) is 0 Å². The number of ether oxygens (including phenoxy) is 2. The number of nitrogens with two attached hydrogens (primary N) is 1. The van der Waals surface area contributed by atoms with Gasteiger partial charge < -0.3 is 15.2 Å². The van der Waals surface area contributed by atoms with E-state index in [0.29, 0.717) is 18.2 Å². The molecule has 19 heavy (non-hydrogen) atoms. The third-order valence-electron chi connectivity index (χ3n) is 3.02. The molecule has 0 spiro atoms. The van der Waals surface area contributed by atoms with Crippen LogP contribution in [0.1, 0.15) is 33.6 Å². The molecule has 0 aliphatic heterocycles. The molecule has 0 amide bonds. The Morgan fingerprint density at radius 2 is 1.79 bits per heavy atom. The summed E-state index contributed by atoms with van der Waals surface area (Å²) in [6.45, 7) is 7.35. The van der Waals surface area contributed by atoms with Crippen LogP contribution in [0.25, 0.3) is 0 Å². The van der Waals surface area contributed by atoms with Gasteiger partial charge in [-0.05, 0) is 31.9 Å². The zero-order valence-corrected chi connectivity index (χ0v) is 12.8. The SMILES string of the molecule is CCOc1ccccc1OCCCC(C)(C)C(N)=S. The van der Waals surface area contributed by atoms with E-state index in [2.05, 4.69) is 13.8 Å². The lowest BCUT2D eigenvalue weighted by Crippen LogP contribution is -2.30. The van der Waals surface area contributed by atoms with Gasteiger partial charge in [-0.3, -0.25) is 0 Å². The van der Waals surface area contributed by atoms with Crippen molar-refractivity contribution in [2.75, 3.05) is 13.2 Å². The molecular weight excluding hydrogens is 258 g/mol. The molecule has 0 unspecified atom stereocenters. The average Bonchev–Trinajstić information content (AvgIpc) is 2.36. The molecule has 0 fully saturated rings. The van der Waals surface area contributed by atoms with Crippen molar-refractivity contribution in [3.05, 3.63) is 24.3 Å². The Bertz CT molecular complexity index is 418. The van der Waals surface area contributed by atoms with Crippen molar-refractivity contribution in [1.29, 1.82) is 0 Å². The Morgan fingerprint density at radius 1 is 1.21 bits per heavy atom. The summed E-state index contributed by atoms with van der Waals surface area (Å²) >= 11 is 5.05. The van der Waals surface area contributed by atoms with Crippen LogP contribution in [-0.2, 0) is 0 Å². The van der Waals surface area contributed by atoms with Gasteiger partial charge in [-0.1, -0.05) is 38.2 Å². The van der Waals surface area contributed by atoms with E-state index in [4.69, 9.17) is 27.4 Å². The number of benzene rings is 1. The first kappa shape index (κ1) is 15.8. The highest BCUT2D eigenvalue weighted by Gasteiger charge is 2.20. The Labute approximate surface area is 121 Å². The largest absolute Gasteiger partial charge is 0.490 e. The van der Waals surface area contributed by atoms with Crippen molar-refractivity contribution in [2.45, 2.75) is 33.6 Å². The normalized spacial score (nSPS) is 11.1. The number of hydrogen-bond donors (Lipinski definition) is 1. The molecule has 0 radical (unpaired) electrons. The van der Waals surface area contributed by atoms with Gasteiger partial charge >= 0.3 is 0 Å². The van der Waals surface area contributed by atoms with Gasteiger partial charge in [-0.15, -0.1) is 0 Å². The summed E-state index contributed by atoms with van der Waals surface area (Å²) in [4.78, 5) is 0.558. The first-order valence-electron chi connectivity index (χ1n) is 6.62. The van der Waals surface area contributed by atoms with Crippen LogP contribution in [0.3, 0.4) is 0 Å². The van der Waals surface area contributed by atoms with Crippen molar-refractivity contribution >= 4 is 17.2 Å². The van der Waals surface area contributed by atoms with E-state index < -0.39 is 0 Å². The highest BCUT2D eigenvalue weighted by Crippen LogP contribution is 2.27. The second kappa shape index (κ2) is 7.34. The number of rotatable bonds is 8. The van der Waals surface area contributed by atoms with Gasteiger partial charge in [0.15, 0.2) is 11.5 Å². The molecule has 0 aliphatic carbocycles. The molecule has 106 valence electrons. The molecule has 0 saturated heterocycles. The molecular formula is C15H23NO2S. The maximum Gasteiger partial charge on any atom is 0.161 e. The van der Waals surface area contributed by atoms with Crippen molar-refractivity contribution in [2.24, 2.45) is 11.1 Å². The van der Waals surface area contributed by atoms with E-state index in [1.807, 2.05) is 31.2 Å². The number of para-hydroxylation sites is 2. The number of hydrogen-bond acceptors (Lipinski definition) is 3. The molecule has 1 rings (SSSR count). The van der Waals surface area contributed by atoms with Crippen molar-refractivity contribution in [1.82, 2.24) is 0 Å². The lowest BCUT2D eigenvalue weighted by atomic mass is 9.88. The Morgan fingerprint density at radius 3 is 2.32 bits per heavy atom. The van der Waals surface area contributed by atoms with Gasteiger partial charge in [-0.2, -0.15) is 0 Å². The lowest BCUT2D eigenvalue weighted by Gasteiger charge is -2.22. The van der Waals surface area contributed by atoms with Crippen molar-refractivity contribution in [3.63, 3.8) is 0 Å². The predicted molar refractivity (Wildman–Crippen MR) is 82.9 cm³/mol. The fraction of sp³-hybridized carbons (Fsp3) is 0.533. The fourth-order valence-electron chi connectivity index (χ4n) is 1.66. The van der Waals surface area contributed by atoms with E-state index in [0.717, 1.165) is 24.3 Å². The smallest absolute Gasteiger partial charge is 0.161 e. The molecule has 1 aromatic rings. The summed E-state index contributed by atoms with van der Waals surface area (Å²) in [5, 5.41) is 0. The Hall–Kier alpha value is -1.29. The first-order valence-corrected chi connectivity index (χ1v) is 7.02. The van der Waals surface area contributed by atoms with Gasteiger partial charge in [0.05, 0.1) is 18.2 Å². The summed E-state index contributed by atoms with van der Waals surface area (Å²) in [5.41, 5.74) is 5.58. The molecule has 0 aliphatic rings. The molecule has 0 aromatic heterocycles. The molecule has 1 aromatic carbocycles. The molecule has 4 heteroatoms. The Balaban J connectivity index is 2.43. The zero-order valence-electron chi connectivity index (χ0n) is 11.9. The maximum absolute atomic E-state index is 5.76. The van der Waals surface area contributed by atoms with E-state index in [9.17, 15) is 0 Å². The van der Waals surface area contributed by atoms with Crippen LogP contribution < -0.4 is 15.2 Å². The molecule has 3 nitrogen and oxygen atoms in total. The highest BCUT2D eigenvalue weighted by atomic mass is 32.1. The topological polar surface area (TPSA) is 44.5 Å². The van der Waals surface area contributed by atoms with Gasteiger partial charge in [0, 0.05) is 5.41 Å². The average molecular weight is 281 g/mol. The van der Waals surface area contributed by atoms with Crippen LogP contribution in [0.4, 0.5) is 0 Å².